The molecule has 23 heavy (non-hydrogen) atoms. The van der Waals surface area contributed by atoms with Crippen LogP contribution in [0.3, 0.4) is 0 Å². The zero-order valence-corrected chi connectivity index (χ0v) is 13.0. The van der Waals surface area contributed by atoms with Crippen LogP contribution in [0.25, 0.3) is 10.9 Å². The number of hydrogen-bond acceptors (Lipinski definition) is 3. The first kappa shape index (κ1) is 15.9. The van der Waals surface area contributed by atoms with Crippen molar-refractivity contribution in [3.05, 3.63) is 41.8 Å². The van der Waals surface area contributed by atoms with Gasteiger partial charge >= 0.3 is 0 Å². The van der Waals surface area contributed by atoms with Crippen molar-refractivity contribution in [2.75, 3.05) is 6.61 Å². The summed E-state index contributed by atoms with van der Waals surface area (Å²) in [6.07, 6.45) is 6.57. The molecule has 0 saturated heterocycles. The first-order chi connectivity index (χ1) is 11.2. The van der Waals surface area contributed by atoms with Crippen molar-refractivity contribution < 1.29 is 14.3 Å². The Hall–Kier alpha value is -2.01. The van der Waals surface area contributed by atoms with E-state index in [1.807, 2.05) is 0 Å². The lowest BCUT2D eigenvalue weighted by Crippen LogP contribution is -2.41. The van der Waals surface area contributed by atoms with Crippen LogP contribution in [0.1, 0.15) is 42.5 Å². The number of benzene rings is 1. The number of carbonyl (C=O) groups excluding carboxylic acids is 1. The molecule has 3 rings (SSSR count). The molecular weight excluding hydrogens is 295 g/mol. The summed E-state index contributed by atoms with van der Waals surface area (Å²) in [5.41, 5.74) is 0.752. The van der Waals surface area contributed by atoms with E-state index in [4.69, 9.17) is 0 Å². The highest BCUT2D eigenvalue weighted by atomic mass is 19.1. The first-order valence-corrected chi connectivity index (χ1v) is 8.15. The van der Waals surface area contributed by atoms with Crippen molar-refractivity contribution in [3.63, 3.8) is 0 Å². The van der Waals surface area contributed by atoms with Crippen LogP contribution in [0.4, 0.5) is 4.39 Å². The maximum atomic E-state index is 13.8. The van der Waals surface area contributed by atoms with Crippen molar-refractivity contribution in [1.29, 1.82) is 0 Å². The van der Waals surface area contributed by atoms with Gasteiger partial charge in [-0.1, -0.05) is 25.3 Å². The van der Waals surface area contributed by atoms with Crippen LogP contribution in [0, 0.1) is 11.7 Å². The molecule has 1 saturated carbocycles. The number of nitrogens with one attached hydrogen (secondary N) is 1. The van der Waals surface area contributed by atoms with E-state index in [2.05, 4.69) is 10.3 Å². The summed E-state index contributed by atoms with van der Waals surface area (Å²) in [4.78, 5) is 16.9. The average Bonchev–Trinajstić information content (AvgIpc) is 2.78. The van der Waals surface area contributed by atoms with Crippen LogP contribution in [0.5, 0.6) is 0 Å². The number of amides is 1. The van der Waals surface area contributed by atoms with Crippen LogP contribution in [-0.4, -0.2) is 28.6 Å². The van der Waals surface area contributed by atoms with Gasteiger partial charge in [0.15, 0.2) is 0 Å². The van der Waals surface area contributed by atoms with Gasteiger partial charge in [0.05, 0.1) is 11.1 Å². The van der Waals surface area contributed by atoms with Crippen molar-refractivity contribution in [2.24, 2.45) is 5.92 Å². The molecule has 2 aromatic rings. The van der Waals surface area contributed by atoms with Gasteiger partial charge in [-0.2, -0.15) is 0 Å². The van der Waals surface area contributed by atoms with Crippen molar-refractivity contribution in [1.82, 2.24) is 10.3 Å². The molecule has 1 fully saturated rings. The zero-order valence-electron chi connectivity index (χ0n) is 13.0. The van der Waals surface area contributed by atoms with Gasteiger partial charge in [-0.3, -0.25) is 9.78 Å². The second-order valence-corrected chi connectivity index (χ2v) is 6.19. The lowest BCUT2D eigenvalue weighted by Gasteiger charge is -2.24. The molecule has 5 heteroatoms. The molecule has 0 aliphatic heterocycles. The van der Waals surface area contributed by atoms with E-state index in [1.54, 1.807) is 18.3 Å². The Labute approximate surface area is 134 Å². The molecule has 4 nitrogen and oxygen atoms in total. The van der Waals surface area contributed by atoms with Crippen LogP contribution >= 0.6 is 0 Å². The third kappa shape index (κ3) is 3.50. The minimum Gasteiger partial charge on any atom is -0.396 e. The predicted molar refractivity (Wildman–Crippen MR) is 86.6 cm³/mol. The van der Waals surface area contributed by atoms with Gasteiger partial charge in [0.2, 0.25) is 0 Å². The van der Waals surface area contributed by atoms with Crippen molar-refractivity contribution in [3.8, 4) is 0 Å². The summed E-state index contributed by atoms with van der Waals surface area (Å²) in [7, 11) is 0. The fraction of sp³-hybridized carbons (Fsp3) is 0.444. The normalized spacial score (nSPS) is 21.8. The summed E-state index contributed by atoms with van der Waals surface area (Å²) in [5.74, 6) is -0.706. The van der Waals surface area contributed by atoms with Gasteiger partial charge in [0.25, 0.3) is 5.91 Å². The number of pyridine rings is 1. The molecular formula is C18H21FN2O2. The zero-order chi connectivity index (χ0) is 16.2. The molecule has 1 heterocycles. The molecule has 0 spiro atoms. The number of aliphatic hydroxyl groups excluding tert-OH is 1. The molecule has 122 valence electrons. The lowest BCUT2D eigenvalue weighted by atomic mass is 9.95. The van der Waals surface area contributed by atoms with Gasteiger partial charge in [0.1, 0.15) is 5.82 Å². The number of halogens is 1. The number of carbonyl (C=O) groups is 1. The van der Waals surface area contributed by atoms with E-state index in [1.165, 1.54) is 12.1 Å². The summed E-state index contributed by atoms with van der Waals surface area (Å²) in [5, 5.41) is 13.2. The quantitative estimate of drug-likeness (QED) is 0.856. The van der Waals surface area contributed by atoms with Gasteiger partial charge in [-0.25, -0.2) is 4.39 Å². The highest BCUT2D eigenvalue weighted by molar-refractivity contribution is 6.05. The Morgan fingerprint density at radius 2 is 2.13 bits per heavy atom. The van der Waals surface area contributed by atoms with E-state index >= 15 is 0 Å². The molecule has 2 unspecified atom stereocenters. The topological polar surface area (TPSA) is 62.2 Å². The van der Waals surface area contributed by atoms with E-state index in [0.717, 1.165) is 32.1 Å². The second-order valence-electron chi connectivity index (χ2n) is 6.19. The maximum absolute atomic E-state index is 13.8. The van der Waals surface area contributed by atoms with Crippen LogP contribution in [-0.2, 0) is 0 Å². The molecule has 1 aliphatic carbocycles. The van der Waals surface area contributed by atoms with Crippen molar-refractivity contribution >= 4 is 16.8 Å². The largest absolute Gasteiger partial charge is 0.396 e. The number of rotatable bonds is 3. The van der Waals surface area contributed by atoms with Crippen molar-refractivity contribution in [2.45, 2.75) is 38.1 Å². The Balaban J connectivity index is 1.88. The third-order valence-corrected chi connectivity index (χ3v) is 4.62. The number of aliphatic hydroxyl groups is 1. The Morgan fingerprint density at radius 1 is 1.30 bits per heavy atom. The van der Waals surface area contributed by atoms with E-state index in [-0.39, 0.29) is 30.0 Å². The Kier molecular flexibility index (Phi) is 4.86. The first-order valence-electron chi connectivity index (χ1n) is 8.15. The monoisotopic (exact) mass is 316 g/mol. The van der Waals surface area contributed by atoms with Gasteiger partial charge in [0, 0.05) is 30.1 Å². The molecule has 0 radical (unpaired) electrons. The highest BCUT2D eigenvalue weighted by Crippen LogP contribution is 2.24. The fourth-order valence-electron chi connectivity index (χ4n) is 3.37. The van der Waals surface area contributed by atoms with Crippen LogP contribution < -0.4 is 5.32 Å². The standard InChI is InChI=1S/C18H21FN2O2/c19-14-9-12-6-4-8-20-17(12)15(10-14)18(23)21-16-7-3-1-2-5-13(16)11-22/h4,6,8-10,13,16,22H,1-3,5,7,11H2,(H,21,23). The molecule has 1 amide bonds. The number of aromatic nitrogens is 1. The molecule has 0 bridgehead atoms. The molecule has 2 N–H and O–H groups in total. The molecule has 1 aromatic carbocycles. The van der Waals surface area contributed by atoms with Crippen LogP contribution in [0.15, 0.2) is 30.5 Å². The SMILES string of the molecule is O=C(NC1CCCCCC1CO)c1cc(F)cc2cccnc12. The summed E-state index contributed by atoms with van der Waals surface area (Å²) in [6.45, 7) is 0.0626. The molecule has 1 aromatic heterocycles. The summed E-state index contributed by atoms with van der Waals surface area (Å²) >= 11 is 0. The number of fused-ring (bicyclic) bond motifs is 1. The van der Waals surface area contributed by atoms with E-state index in [0.29, 0.717) is 10.9 Å². The molecule has 2 atom stereocenters. The van der Waals surface area contributed by atoms with E-state index < -0.39 is 5.82 Å². The fourth-order valence-corrected chi connectivity index (χ4v) is 3.37. The third-order valence-electron chi connectivity index (χ3n) is 4.62. The van der Waals surface area contributed by atoms with E-state index in [9.17, 15) is 14.3 Å². The Bertz CT molecular complexity index is 704. The second kappa shape index (κ2) is 7.04. The van der Waals surface area contributed by atoms with Gasteiger partial charge < -0.3 is 10.4 Å². The summed E-state index contributed by atoms with van der Waals surface area (Å²) in [6, 6.07) is 5.99. The minimum atomic E-state index is -0.449. The molecule has 1 aliphatic rings. The lowest BCUT2D eigenvalue weighted by molar-refractivity contribution is 0.0900. The van der Waals surface area contributed by atoms with Crippen LogP contribution in [0.2, 0.25) is 0 Å². The maximum Gasteiger partial charge on any atom is 0.253 e. The average molecular weight is 316 g/mol. The predicted octanol–water partition coefficient (Wildman–Crippen LogP) is 3.04. The van der Waals surface area contributed by atoms with Gasteiger partial charge in [-0.15, -0.1) is 0 Å². The van der Waals surface area contributed by atoms with Gasteiger partial charge in [-0.05, 0) is 31.0 Å². The Morgan fingerprint density at radius 3 is 2.96 bits per heavy atom. The summed E-state index contributed by atoms with van der Waals surface area (Å²) < 4.78 is 13.8. The smallest absolute Gasteiger partial charge is 0.253 e. The number of nitrogens with zero attached hydrogens (tertiary/aromatic N) is 1. The minimum absolute atomic E-state index is 0.0626. The highest BCUT2D eigenvalue weighted by Gasteiger charge is 2.25. The number of hydrogen-bond donors (Lipinski definition) is 2.